The number of nitrogens with one attached hydrogen (secondary N) is 1. The Morgan fingerprint density at radius 2 is 2.02 bits per heavy atom. The Hall–Kier alpha value is -3.49. The summed E-state index contributed by atoms with van der Waals surface area (Å²) in [6.45, 7) is 3.36. The summed E-state index contributed by atoms with van der Waals surface area (Å²) in [5.41, 5.74) is 9.35. The summed E-state index contributed by atoms with van der Waals surface area (Å²) in [7, 11) is 1.61. The number of hydrogen-bond acceptors (Lipinski definition) is 10. The number of nitriles is 1. The topological polar surface area (TPSA) is 125 Å². The number of alkyl halides is 1. The van der Waals surface area contributed by atoms with Gasteiger partial charge in [-0.3, -0.25) is 0 Å². The number of aromatic nitrogens is 3. The van der Waals surface area contributed by atoms with Gasteiger partial charge in [0.2, 0.25) is 0 Å². The van der Waals surface area contributed by atoms with Crippen molar-refractivity contribution in [3.63, 3.8) is 0 Å². The minimum atomic E-state index is -0.831. The molecule has 4 fully saturated rings. The summed E-state index contributed by atoms with van der Waals surface area (Å²) < 4.78 is 28.4. The summed E-state index contributed by atoms with van der Waals surface area (Å²) in [6.07, 6.45) is 3.88. The van der Waals surface area contributed by atoms with Crippen molar-refractivity contribution in [3.05, 3.63) is 29.8 Å². The van der Waals surface area contributed by atoms with Crippen molar-refractivity contribution in [2.75, 3.05) is 50.5 Å². The fourth-order valence-corrected chi connectivity index (χ4v) is 9.75. The summed E-state index contributed by atoms with van der Waals surface area (Å²) in [6, 6.07) is 11.3. The standard InChI is InChI=1S/C31H33FN8O2Se/c1-41-29-21(20-4-2-5-24-25(20)22(12-33)27(34)43-24)10-23-26(37-29)28(39-14-18-6-7-19(15-39)35-18)38-30(36-23)42-16-31-8-3-9-40(31)13-17(32)11-31/h2,4-5,10,17-19,35H,3,6-9,11,13-16,34H2,1H3/t17-,18-,19+,31+/m1/s1. The second kappa shape index (κ2) is 10.3. The molecule has 4 aliphatic rings. The van der Waals surface area contributed by atoms with Gasteiger partial charge in [-0.1, -0.05) is 0 Å². The second-order valence-electron chi connectivity index (χ2n) is 12.3. The monoisotopic (exact) mass is 648 g/mol. The van der Waals surface area contributed by atoms with E-state index in [1.807, 2.05) is 24.3 Å². The average Bonchev–Trinajstić information content (AvgIpc) is 3.74. The van der Waals surface area contributed by atoms with Crippen LogP contribution in [0.4, 0.5) is 14.8 Å². The Bertz CT molecular complexity index is 1780. The van der Waals surface area contributed by atoms with Gasteiger partial charge in [-0.05, 0) is 13.0 Å². The Kier molecular flexibility index (Phi) is 6.49. The molecule has 0 aliphatic carbocycles. The van der Waals surface area contributed by atoms with E-state index in [0.717, 1.165) is 71.9 Å². The zero-order valence-electron chi connectivity index (χ0n) is 24.0. The van der Waals surface area contributed by atoms with Crippen molar-refractivity contribution in [2.45, 2.75) is 55.9 Å². The van der Waals surface area contributed by atoms with Gasteiger partial charge in [0.25, 0.3) is 0 Å². The SMILES string of the molecule is COc1nc2c(N3C[C@H]4CC[C@@H](C3)N4)nc(OC[C@@]34CCCN3C[C@H](F)C4)nc2cc1-c1cccc2[se]c(N)c(C#N)c12. The van der Waals surface area contributed by atoms with Gasteiger partial charge in [0.05, 0.1) is 0 Å². The summed E-state index contributed by atoms with van der Waals surface area (Å²) >= 11 is -0.113. The van der Waals surface area contributed by atoms with Crippen molar-refractivity contribution in [1.29, 1.82) is 5.26 Å². The van der Waals surface area contributed by atoms with E-state index in [4.69, 9.17) is 30.2 Å². The molecule has 0 amide bonds. The van der Waals surface area contributed by atoms with Gasteiger partial charge in [-0.15, -0.1) is 0 Å². The molecule has 12 heteroatoms. The van der Waals surface area contributed by atoms with Gasteiger partial charge in [-0.25, -0.2) is 4.39 Å². The van der Waals surface area contributed by atoms with E-state index >= 15 is 0 Å². The van der Waals surface area contributed by atoms with E-state index in [2.05, 4.69) is 21.2 Å². The van der Waals surface area contributed by atoms with E-state index < -0.39 is 6.17 Å². The molecular formula is C31H33FN8O2Se. The van der Waals surface area contributed by atoms with Crippen LogP contribution in [0.5, 0.6) is 11.9 Å². The van der Waals surface area contributed by atoms with E-state index in [0.29, 0.717) is 58.7 Å². The van der Waals surface area contributed by atoms with Crippen LogP contribution in [-0.4, -0.2) is 98.0 Å². The normalized spacial score (nSPS) is 26.7. The van der Waals surface area contributed by atoms with Gasteiger partial charge >= 0.3 is 225 Å². The molecule has 3 aromatic heterocycles. The first-order valence-corrected chi connectivity index (χ1v) is 16.7. The number of nitrogens with two attached hydrogens (primary N) is 1. The molecule has 4 aromatic rings. The fraction of sp³-hybridized carbons (Fsp3) is 0.484. The van der Waals surface area contributed by atoms with Crippen LogP contribution in [0.25, 0.3) is 31.8 Å². The maximum atomic E-state index is 14.5. The first kappa shape index (κ1) is 27.1. The van der Waals surface area contributed by atoms with Crippen LogP contribution in [0.1, 0.15) is 37.7 Å². The Morgan fingerprint density at radius 1 is 1.19 bits per heavy atom. The average molecular weight is 648 g/mol. The van der Waals surface area contributed by atoms with E-state index in [-0.39, 0.29) is 26.1 Å². The first-order valence-electron chi connectivity index (χ1n) is 15.0. The number of methoxy groups -OCH3 is 1. The number of nitrogens with zero attached hydrogens (tertiary/aromatic N) is 6. The van der Waals surface area contributed by atoms with E-state index in [9.17, 15) is 9.65 Å². The minimum absolute atomic E-state index is 0.113. The van der Waals surface area contributed by atoms with Gasteiger partial charge in [-0.2, -0.15) is 0 Å². The zero-order valence-corrected chi connectivity index (χ0v) is 25.7. The van der Waals surface area contributed by atoms with Gasteiger partial charge in [0.1, 0.15) is 6.17 Å². The Labute approximate surface area is 254 Å². The molecule has 0 unspecified atom stereocenters. The number of anilines is 2. The Morgan fingerprint density at radius 3 is 2.81 bits per heavy atom. The number of rotatable bonds is 6. The van der Waals surface area contributed by atoms with Crippen molar-refractivity contribution < 1.29 is 13.9 Å². The molecular weight excluding hydrogens is 614 g/mol. The molecule has 0 radical (unpaired) electrons. The number of ether oxygens (including phenoxy) is 2. The van der Waals surface area contributed by atoms with Gasteiger partial charge < -0.3 is 0 Å². The number of fused-ring (bicyclic) bond motifs is 5. The number of halogens is 1. The summed E-state index contributed by atoms with van der Waals surface area (Å²) in [5, 5.41) is 14.5. The van der Waals surface area contributed by atoms with Crippen LogP contribution >= 0.6 is 0 Å². The molecule has 4 saturated heterocycles. The molecule has 1 aromatic carbocycles. The van der Waals surface area contributed by atoms with Crippen molar-refractivity contribution in [1.82, 2.24) is 25.2 Å². The van der Waals surface area contributed by atoms with Crippen LogP contribution in [0.3, 0.4) is 0 Å². The molecule has 2 bridgehead atoms. The Balaban J connectivity index is 1.26. The van der Waals surface area contributed by atoms with Gasteiger partial charge in [0.15, 0.2) is 0 Å². The van der Waals surface area contributed by atoms with Crippen LogP contribution in [0, 0.1) is 11.3 Å². The van der Waals surface area contributed by atoms with Gasteiger partial charge in [0, 0.05) is 6.54 Å². The van der Waals surface area contributed by atoms with Crippen LogP contribution in [-0.2, 0) is 0 Å². The molecule has 4 atom stereocenters. The number of hydrogen-bond donors (Lipinski definition) is 2. The van der Waals surface area contributed by atoms with Crippen molar-refractivity contribution >= 4 is 45.6 Å². The molecule has 43 heavy (non-hydrogen) atoms. The number of piperazine rings is 1. The second-order valence-corrected chi connectivity index (χ2v) is 14.6. The molecule has 4 aliphatic heterocycles. The van der Waals surface area contributed by atoms with Crippen molar-refractivity contribution in [3.8, 4) is 29.1 Å². The quantitative estimate of drug-likeness (QED) is 0.302. The molecule has 222 valence electrons. The number of benzene rings is 1. The van der Waals surface area contributed by atoms with Crippen LogP contribution in [0.2, 0.25) is 0 Å². The molecule has 0 saturated carbocycles. The predicted octanol–water partition coefficient (Wildman–Crippen LogP) is 3.26. The predicted molar refractivity (Wildman–Crippen MR) is 164 cm³/mol. The molecule has 10 nitrogen and oxygen atoms in total. The summed E-state index contributed by atoms with van der Waals surface area (Å²) in [5.74, 6) is 1.16. The fourth-order valence-electron chi connectivity index (χ4n) is 7.76. The molecule has 0 spiro atoms. The number of nitrogen functional groups attached to an aromatic ring is 1. The molecule has 3 N–H and O–H groups in total. The van der Waals surface area contributed by atoms with Crippen LogP contribution < -0.4 is 25.4 Å². The third-order valence-corrected chi connectivity index (χ3v) is 11.7. The first-order chi connectivity index (χ1) is 20.9. The van der Waals surface area contributed by atoms with Crippen LogP contribution in [0.15, 0.2) is 24.3 Å². The third kappa shape index (κ3) is 4.44. The number of pyridine rings is 1. The zero-order chi connectivity index (χ0) is 29.3. The van der Waals surface area contributed by atoms with E-state index in [1.54, 1.807) is 7.11 Å². The van der Waals surface area contributed by atoms with E-state index in [1.165, 1.54) is 0 Å². The van der Waals surface area contributed by atoms with Crippen molar-refractivity contribution in [2.24, 2.45) is 0 Å². The maximum absolute atomic E-state index is 14.5. The molecule has 8 rings (SSSR count). The molecule has 7 heterocycles. The third-order valence-electron chi connectivity index (χ3n) is 9.68. The summed E-state index contributed by atoms with van der Waals surface area (Å²) in [4.78, 5) is 19.4.